The zero-order valence-corrected chi connectivity index (χ0v) is 14.8. The molecule has 3 rings (SSSR count). The lowest BCUT2D eigenvalue weighted by Gasteiger charge is -2.17. The van der Waals surface area contributed by atoms with Gasteiger partial charge in [0.25, 0.3) is 0 Å². The summed E-state index contributed by atoms with van der Waals surface area (Å²) in [5.74, 6) is -0.165. The summed E-state index contributed by atoms with van der Waals surface area (Å²) in [5.41, 5.74) is 1.13. The molecule has 0 radical (unpaired) electrons. The van der Waals surface area contributed by atoms with Crippen molar-refractivity contribution in [1.82, 2.24) is 0 Å². The van der Waals surface area contributed by atoms with Crippen LogP contribution >= 0.6 is 0 Å². The van der Waals surface area contributed by atoms with Crippen LogP contribution in [0.15, 0.2) is 46.1 Å². The van der Waals surface area contributed by atoms with E-state index in [2.05, 4.69) is 14.7 Å². The molecule has 0 amide bonds. The van der Waals surface area contributed by atoms with E-state index in [1.807, 2.05) is 0 Å². The summed E-state index contributed by atoms with van der Waals surface area (Å²) in [6.45, 7) is 0. The number of benzene rings is 2. The molecule has 9 heteroatoms. The van der Waals surface area contributed by atoms with E-state index in [0.717, 1.165) is 0 Å². The Balaban J connectivity index is 2.22. The number of alkyl halides is 3. The molecule has 0 bridgehead atoms. The Labute approximate surface area is 158 Å². The molecule has 0 aromatic heterocycles. The second-order valence-corrected chi connectivity index (χ2v) is 5.56. The molecule has 6 nitrogen and oxygen atoms in total. The lowest BCUT2D eigenvalue weighted by Crippen LogP contribution is -2.17. The maximum Gasteiger partial charge on any atom is 0.573 e. The van der Waals surface area contributed by atoms with Crippen LogP contribution in [0.1, 0.15) is 5.56 Å². The van der Waals surface area contributed by atoms with Crippen molar-refractivity contribution in [3.05, 3.63) is 41.7 Å². The zero-order chi connectivity index (χ0) is 20.3. The van der Waals surface area contributed by atoms with Crippen LogP contribution < -0.4 is 14.2 Å². The van der Waals surface area contributed by atoms with Gasteiger partial charge >= 0.3 is 6.36 Å². The van der Waals surface area contributed by atoms with Gasteiger partial charge in [-0.25, -0.2) is 9.98 Å². The Kier molecular flexibility index (Phi) is 5.25. The van der Waals surface area contributed by atoms with E-state index in [0.29, 0.717) is 22.5 Å². The smallest absolute Gasteiger partial charge is 0.502 e. The second kappa shape index (κ2) is 7.63. The number of halogens is 3. The minimum atomic E-state index is -4.83. The fourth-order valence-electron chi connectivity index (χ4n) is 2.72. The third-order valence-electron chi connectivity index (χ3n) is 3.80. The van der Waals surface area contributed by atoms with Crippen LogP contribution in [0.25, 0.3) is 17.2 Å². The Morgan fingerprint density at radius 3 is 2.36 bits per heavy atom. The van der Waals surface area contributed by atoms with Crippen molar-refractivity contribution in [2.75, 3.05) is 14.2 Å². The van der Waals surface area contributed by atoms with E-state index >= 15 is 0 Å². The summed E-state index contributed by atoms with van der Waals surface area (Å²) < 4.78 is 52.2. The van der Waals surface area contributed by atoms with Crippen LogP contribution in [0.3, 0.4) is 0 Å². The number of ether oxygens (including phenoxy) is 3. The first kappa shape index (κ1) is 19.3. The minimum absolute atomic E-state index is 0.0290. The van der Waals surface area contributed by atoms with E-state index in [4.69, 9.17) is 9.47 Å². The number of hydrogen-bond donors (Lipinski definition) is 1. The van der Waals surface area contributed by atoms with Gasteiger partial charge in [0.1, 0.15) is 5.75 Å². The summed E-state index contributed by atoms with van der Waals surface area (Å²) in [7, 11) is 2.70. The van der Waals surface area contributed by atoms with Crippen molar-refractivity contribution >= 4 is 18.5 Å². The summed E-state index contributed by atoms with van der Waals surface area (Å²) >= 11 is 0. The number of rotatable bonds is 5. The van der Waals surface area contributed by atoms with Crippen molar-refractivity contribution < 1.29 is 32.5 Å². The predicted octanol–water partition coefficient (Wildman–Crippen LogP) is 4.43. The van der Waals surface area contributed by atoms with Gasteiger partial charge in [-0.2, -0.15) is 0 Å². The van der Waals surface area contributed by atoms with Crippen LogP contribution in [-0.4, -0.2) is 38.1 Å². The lowest BCUT2D eigenvalue weighted by molar-refractivity contribution is -0.274. The second-order valence-electron chi connectivity index (χ2n) is 5.56. The van der Waals surface area contributed by atoms with Crippen LogP contribution in [0.2, 0.25) is 0 Å². The molecule has 0 saturated carbocycles. The fraction of sp³-hybridized carbons (Fsp3) is 0.158. The normalized spacial score (nSPS) is 13.0. The Morgan fingerprint density at radius 2 is 1.75 bits per heavy atom. The molecule has 0 unspecified atom stereocenters. The first-order valence-electron chi connectivity index (χ1n) is 7.95. The summed E-state index contributed by atoms with van der Waals surface area (Å²) in [6.07, 6.45) is -0.240. The number of aliphatic imine (C=N–C) groups is 2. The maximum absolute atomic E-state index is 12.6. The van der Waals surface area contributed by atoms with Gasteiger partial charge in [-0.05, 0) is 35.4 Å². The molecule has 0 fully saturated rings. The Bertz CT molecular complexity index is 968. The Hall–Kier alpha value is -3.49. The topological polar surface area (TPSA) is 72.6 Å². The largest absolute Gasteiger partial charge is 0.573 e. The van der Waals surface area contributed by atoms with Gasteiger partial charge in [0.05, 0.1) is 14.2 Å². The van der Waals surface area contributed by atoms with Gasteiger partial charge in [0.2, 0.25) is 5.75 Å². The van der Waals surface area contributed by atoms with Crippen molar-refractivity contribution in [3.63, 3.8) is 0 Å². The molecule has 1 aliphatic heterocycles. The number of phenolic OH excluding ortho intramolecular Hbond substituents is 1. The average molecular weight is 392 g/mol. The van der Waals surface area contributed by atoms with E-state index in [1.165, 1.54) is 50.9 Å². The molecule has 0 saturated heterocycles. The highest BCUT2D eigenvalue weighted by molar-refractivity contribution is 6.18. The van der Waals surface area contributed by atoms with Gasteiger partial charge in [0, 0.05) is 18.0 Å². The highest BCUT2D eigenvalue weighted by atomic mass is 19.4. The number of phenols is 1. The first-order valence-corrected chi connectivity index (χ1v) is 7.95. The van der Waals surface area contributed by atoms with E-state index in [9.17, 15) is 18.3 Å². The maximum atomic E-state index is 12.6. The summed E-state index contributed by atoms with van der Waals surface area (Å²) in [5, 5.41) is 10.4. The van der Waals surface area contributed by atoms with Crippen LogP contribution in [-0.2, 0) is 0 Å². The highest BCUT2D eigenvalue weighted by Gasteiger charge is 2.31. The summed E-state index contributed by atoms with van der Waals surface area (Å²) in [4.78, 5) is 8.12. The van der Waals surface area contributed by atoms with Gasteiger partial charge in [-0.1, -0.05) is 12.1 Å². The van der Waals surface area contributed by atoms with Crippen molar-refractivity contribution in [1.29, 1.82) is 0 Å². The van der Waals surface area contributed by atoms with E-state index < -0.39 is 12.1 Å². The minimum Gasteiger partial charge on any atom is -0.502 e. The number of hydrogen-bond acceptors (Lipinski definition) is 6. The summed E-state index contributed by atoms with van der Waals surface area (Å²) in [6, 6.07) is 6.86. The third kappa shape index (κ3) is 4.08. The van der Waals surface area contributed by atoms with E-state index in [-0.39, 0.29) is 17.2 Å². The Morgan fingerprint density at radius 1 is 1.04 bits per heavy atom. The SMILES string of the molecule is COc1cc(C=C2N=CC=N2)c(-c2cccc(OC(F)(F)F)c2)c(OC)c1O. The highest BCUT2D eigenvalue weighted by Crippen LogP contribution is 2.47. The molecule has 1 heterocycles. The number of methoxy groups -OCH3 is 2. The molecule has 146 valence electrons. The van der Waals surface area contributed by atoms with Gasteiger partial charge in [-0.15, -0.1) is 13.2 Å². The fourth-order valence-corrected chi connectivity index (χ4v) is 2.72. The van der Waals surface area contributed by atoms with Crippen LogP contribution in [0, 0.1) is 0 Å². The third-order valence-corrected chi connectivity index (χ3v) is 3.80. The van der Waals surface area contributed by atoms with Crippen molar-refractivity contribution in [2.24, 2.45) is 9.98 Å². The lowest BCUT2D eigenvalue weighted by atomic mass is 9.96. The molecule has 1 aliphatic rings. The molecule has 1 N–H and O–H groups in total. The molecule has 28 heavy (non-hydrogen) atoms. The van der Waals surface area contributed by atoms with Crippen LogP contribution in [0.5, 0.6) is 23.0 Å². The van der Waals surface area contributed by atoms with Crippen LogP contribution in [0.4, 0.5) is 13.2 Å². The molecule has 0 aliphatic carbocycles. The number of nitrogens with zero attached hydrogens (tertiary/aromatic N) is 2. The molecular weight excluding hydrogens is 377 g/mol. The van der Waals surface area contributed by atoms with Gasteiger partial charge < -0.3 is 19.3 Å². The van der Waals surface area contributed by atoms with Gasteiger partial charge in [-0.3, -0.25) is 0 Å². The predicted molar refractivity (Wildman–Crippen MR) is 98.3 cm³/mol. The molecule has 0 atom stereocenters. The van der Waals surface area contributed by atoms with E-state index in [1.54, 1.807) is 12.1 Å². The first-order chi connectivity index (χ1) is 13.3. The molecular formula is C19H15F3N2O4. The molecule has 0 spiro atoms. The van der Waals surface area contributed by atoms with Gasteiger partial charge in [0.15, 0.2) is 17.3 Å². The monoisotopic (exact) mass is 392 g/mol. The van der Waals surface area contributed by atoms with Crippen molar-refractivity contribution in [2.45, 2.75) is 6.36 Å². The number of aromatic hydroxyl groups is 1. The molecule has 2 aromatic carbocycles. The average Bonchev–Trinajstić information content (AvgIpc) is 3.14. The quantitative estimate of drug-likeness (QED) is 0.817. The molecule has 2 aromatic rings. The standard InChI is InChI=1S/C19H15F3N2O4/c1-26-14-9-12(10-15-23-6-7-24-15)16(18(27-2)17(14)25)11-4-3-5-13(8-11)28-19(20,21)22/h3-10,25H,1-2H3. The zero-order valence-electron chi connectivity index (χ0n) is 14.8. The van der Waals surface area contributed by atoms with Crippen molar-refractivity contribution in [3.8, 4) is 34.1 Å².